The molecule has 0 radical (unpaired) electrons. The summed E-state index contributed by atoms with van der Waals surface area (Å²) in [5.74, 6) is 0.302. The molecule has 2 saturated heterocycles. The van der Waals surface area contributed by atoms with Gasteiger partial charge in [-0.3, -0.25) is 0 Å². The highest BCUT2D eigenvalue weighted by molar-refractivity contribution is 5.79. The largest absolute Gasteiger partial charge is 0.383 e. The molecule has 7 heteroatoms. The first kappa shape index (κ1) is 21.0. The number of benzene rings is 1. The van der Waals surface area contributed by atoms with Crippen LogP contribution in [0.4, 0.5) is 10.2 Å². The number of hydrogen-bond acceptors (Lipinski definition) is 6. The molecule has 2 aliphatic heterocycles. The molecule has 2 aromatic heterocycles. The second-order valence-corrected chi connectivity index (χ2v) is 8.34. The van der Waals surface area contributed by atoms with Gasteiger partial charge < -0.3 is 20.5 Å². The lowest BCUT2D eigenvalue weighted by molar-refractivity contribution is 0.0740. The first-order valence-corrected chi connectivity index (χ1v) is 11.1. The monoisotopic (exact) mass is 434 g/mol. The van der Waals surface area contributed by atoms with Crippen LogP contribution in [-0.4, -0.2) is 42.9 Å². The van der Waals surface area contributed by atoms with Crippen LogP contribution < -0.4 is 11.1 Å². The Morgan fingerprint density at radius 2 is 1.78 bits per heavy atom. The molecule has 1 atom stereocenters. The van der Waals surface area contributed by atoms with E-state index in [2.05, 4.69) is 33.5 Å². The van der Waals surface area contributed by atoms with E-state index < -0.39 is 5.95 Å². The lowest BCUT2D eigenvalue weighted by atomic mass is 9.84. The predicted molar refractivity (Wildman–Crippen MR) is 122 cm³/mol. The number of anilines is 1. The standard InChI is InChI=1S/C25H27FN4O2/c26-24-13-18(3-6-29-24)21-12-19(14-30-25(21)27)17-1-2-20(16-4-8-31-9-5-16)22(11-17)23-15-32-10-7-28-23/h1-3,6,11-14,16,23,28H,4-5,7-10,15H2,(H2,27,30)/t23-/m0/s1. The van der Waals surface area contributed by atoms with Crippen LogP contribution >= 0.6 is 0 Å². The van der Waals surface area contributed by atoms with Crippen LogP contribution in [0.5, 0.6) is 0 Å². The van der Waals surface area contributed by atoms with Crippen molar-refractivity contribution in [3.8, 4) is 22.3 Å². The topological polar surface area (TPSA) is 82.3 Å². The summed E-state index contributed by atoms with van der Waals surface area (Å²) in [6.45, 7) is 3.82. The van der Waals surface area contributed by atoms with E-state index in [-0.39, 0.29) is 6.04 Å². The molecule has 4 heterocycles. The van der Waals surface area contributed by atoms with E-state index in [4.69, 9.17) is 15.2 Å². The molecule has 32 heavy (non-hydrogen) atoms. The lowest BCUT2D eigenvalue weighted by Gasteiger charge is -2.31. The number of nitrogens with one attached hydrogen (secondary N) is 1. The molecule has 2 fully saturated rings. The quantitative estimate of drug-likeness (QED) is 0.602. The Hall–Kier alpha value is -2.87. The van der Waals surface area contributed by atoms with Crippen molar-refractivity contribution in [3.63, 3.8) is 0 Å². The van der Waals surface area contributed by atoms with E-state index in [1.165, 1.54) is 23.4 Å². The highest BCUT2D eigenvalue weighted by Gasteiger charge is 2.25. The van der Waals surface area contributed by atoms with Crippen LogP contribution in [0.2, 0.25) is 0 Å². The van der Waals surface area contributed by atoms with E-state index in [0.717, 1.165) is 50.3 Å². The highest BCUT2D eigenvalue weighted by Crippen LogP contribution is 2.37. The summed E-state index contributed by atoms with van der Waals surface area (Å²) in [7, 11) is 0. The molecule has 0 amide bonds. The smallest absolute Gasteiger partial charge is 0.213 e. The van der Waals surface area contributed by atoms with Crippen molar-refractivity contribution >= 4 is 5.82 Å². The number of nitrogen functional groups attached to an aromatic ring is 1. The summed E-state index contributed by atoms with van der Waals surface area (Å²) in [6.07, 6.45) is 5.27. The van der Waals surface area contributed by atoms with Gasteiger partial charge in [0.15, 0.2) is 0 Å². The fourth-order valence-corrected chi connectivity index (χ4v) is 4.64. The zero-order valence-electron chi connectivity index (χ0n) is 17.9. The molecule has 2 aliphatic rings. The average Bonchev–Trinajstić information content (AvgIpc) is 2.85. The van der Waals surface area contributed by atoms with Gasteiger partial charge in [-0.05, 0) is 59.2 Å². The normalized spacial score (nSPS) is 19.7. The summed E-state index contributed by atoms with van der Waals surface area (Å²) in [6, 6.07) is 11.8. The third-order valence-electron chi connectivity index (χ3n) is 6.33. The summed E-state index contributed by atoms with van der Waals surface area (Å²) in [5, 5.41) is 3.61. The first-order valence-electron chi connectivity index (χ1n) is 11.1. The summed E-state index contributed by atoms with van der Waals surface area (Å²) < 4.78 is 25.0. The summed E-state index contributed by atoms with van der Waals surface area (Å²) in [5.41, 5.74) is 12.1. The van der Waals surface area contributed by atoms with E-state index in [0.29, 0.717) is 29.5 Å². The number of rotatable bonds is 4. The van der Waals surface area contributed by atoms with Gasteiger partial charge >= 0.3 is 0 Å². The Morgan fingerprint density at radius 1 is 0.906 bits per heavy atom. The maximum atomic E-state index is 13.7. The Morgan fingerprint density at radius 3 is 2.56 bits per heavy atom. The molecular weight excluding hydrogens is 407 g/mol. The van der Waals surface area contributed by atoms with E-state index in [1.807, 2.05) is 6.07 Å². The number of aromatic nitrogens is 2. The molecule has 0 aliphatic carbocycles. The second-order valence-electron chi connectivity index (χ2n) is 8.34. The van der Waals surface area contributed by atoms with Crippen molar-refractivity contribution in [1.29, 1.82) is 0 Å². The van der Waals surface area contributed by atoms with Gasteiger partial charge in [0, 0.05) is 49.3 Å². The molecule has 0 spiro atoms. The minimum Gasteiger partial charge on any atom is -0.383 e. The Balaban J connectivity index is 1.55. The van der Waals surface area contributed by atoms with Crippen molar-refractivity contribution in [3.05, 3.63) is 65.9 Å². The van der Waals surface area contributed by atoms with Gasteiger partial charge in [0.1, 0.15) is 5.82 Å². The number of ether oxygens (including phenoxy) is 2. The maximum absolute atomic E-state index is 13.7. The van der Waals surface area contributed by atoms with Crippen LogP contribution in [0.15, 0.2) is 48.8 Å². The van der Waals surface area contributed by atoms with Crippen LogP contribution in [0, 0.1) is 5.95 Å². The minimum atomic E-state index is -0.543. The van der Waals surface area contributed by atoms with Gasteiger partial charge in [0.05, 0.1) is 19.3 Å². The molecule has 0 unspecified atom stereocenters. The maximum Gasteiger partial charge on any atom is 0.213 e. The van der Waals surface area contributed by atoms with Crippen LogP contribution in [0.3, 0.4) is 0 Å². The Kier molecular flexibility index (Phi) is 6.12. The van der Waals surface area contributed by atoms with Gasteiger partial charge in [-0.2, -0.15) is 4.39 Å². The number of pyridine rings is 2. The average molecular weight is 435 g/mol. The van der Waals surface area contributed by atoms with Crippen molar-refractivity contribution in [2.75, 3.05) is 38.7 Å². The molecule has 6 nitrogen and oxygen atoms in total. The summed E-state index contributed by atoms with van der Waals surface area (Å²) >= 11 is 0. The molecule has 166 valence electrons. The van der Waals surface area contributed by atoms with Gasteiger partial charge in [-0.1, -0.05) is 12.1 Å². The first-order chi connectivity index (χ1) is 15.7. The van der Waals surface area contributed by atoms with Gasteiger partial charge in [0.25, 0.3) is 0 Å². The molecule has 3 aromatic rings. The lowest BCUT2D eigenvalue weighted by Crippen LogP contribution is -2.35. The second kappa shape index (κ2) is 9.32. The molecule has 3 N–H and O–H groups in total. The van der Waals surface area contributed by atoms with Crippen LogP contribution in [0.1, 0.15) is 35.9 Å². The van der Waals surface area contributed by atoms with E-state index in [1.54, 1.807) is 12.3 Å². The highest BCUT2D eigenvalue weighted by atomic mass is 19.1. The SMILES string of the molecule is Nc1ncc(-c2ccc(C3CCOCC3)c([C@@H]3COCCN3)c2)cc1-c1ccnc(F)c1. The van der Waals surface area contributed by atoms with Crippen LogP contribution in [-0.2, 0) is 9.47 Å². The van der Waals surface area contributed by atoms with Crippen molar-refractivity contribution in [1.82, 2.24) is 15.3 Å². The third kappa shape index (κ3) is 4.37. The fourth-order valence-electron chi connectivity index (χ4n) is 4.64. The molecule has 0 saturated carbocycles. The molecule has 1 aromatic carbocycles. The van der Waals surface area contributed by atoms with Gasteiger partial charge in [-0.25, -0.2) is 9.97 Å². The molecule has 5 rings (SSSR count). The molecule has 0 bridgehead atoms. The number of hydrogen-bond donors (Lipinski definition) is 2. The van der Waals surface area contributed by atoms with E-state index in [9.17, 15) is 4.39 Å². The Labute approximate surface area is 187 Å². The van der Waals surface area contributed by atoms with Crippen molar-refractivity contribution in [2.24, 2.45) is 0 Å². The summed E-state index contributed by atoms with van der Waals surface area (Å²) in [4.78, 5) is 8.03. The third-order valence-corrected chi connectivity index (χ3v) is 6.33. The van der Waals surface area contributed by atoms with Gasteiger partial charge in [-0.15, -0.1) is 0 Å². The van der Waals surface area contributed by atoms with Crippen LogP contribution in [0.25, 0.3) is 22.3 Å². The zero-order valence-corrected chi connectivity index (χ0v) is 17.9. The fraction of sp³-hybridized carbons (Fsp3) is 0.360. The molecular formula is C25H27FN4O2. The predicted octanol–water partition coefficient (Wildman–Crippen LogP) is 4.09. The zero-order chi connectivity index (χ0) is 21.9. The number of morpholine rings is 1. The van der Waals surface area contributed by atoms with Gasteiger partial charge in [0.2, 0.25) is 5.95 Å². The Bertz CT molecular complexity index is 1100. The van der Waals surface area contributed by atoms with Crippen molar-refractivity contribution < 1.29 is 13.9 Å². The number of nitrogens with zero attached hydrogens (tertiary/aromatic N) is 2. The number of halogens is 1. The van der Waals surface area contributed by atoms with Crippen molar-refractivity contribution in [2.45, 2.75) is 24.8 Å². The van der Waals surface area contributed by atoms with E-state index >= 15 is 0 Å². The number of nitrogens with two attached hydrogens (primary N) is 1. The minimum absolute atomic E-state index is 0.150.